The quantitative estimate of drug-likeness (QED) is 0.708. The second-order valence-corrected chi connectivity index (χ2v) is 7.70. The van der Waals surface area contributed by atoms with Crippen LogP contribution in [0.3, 0.4) is 0 Å². The molecule has 0 spiro atoms. The van der Waals surface area contributed by atoms with Crippen molar-refractivity contribution >= 4 is 33.8 Å². The molecular weight excluding hydrogens is 346 g/mol. The van der Waals surface area contributed by atoms with Crippen LogP contribution in [0.1, 0.15) is 32.8 Å². The van der Waals surface area contributed by atoms with E-state index < -0.39 is 11.7 Å². The van der Waals surface area contributed by atoms with Gasteiger partial charge >= 0.3 is 6.09 Å². The minimum atomic E-state index is -0.582. The summed E-state index contributed by atoms with van der Waals surface area (Å²) in [4.78, 5) is 23.3. The van der Waals surface area contributed by atoms with Crippen LogP contribution in [-0.2, 0) is 16.1 Å². The zero-order valence-corrected chi connectivity index (χ0v) is 15.9. The molecule has 2 N–H and O–H groups in total. The van der Waals surface area contributed by atoms with Gasteiger partial charge in [-0.05, 0) is 26.8 Å². The standard InChI is InChI=1S/C19H23N5O3/c1-19(2,3)27-18(25)23(4)14-10-26-9-13-22-15-16(24(13)14)11-7-5-6-8-12(11)21-17(15)20/h5-8,14H,9-10H2,1-4H3,(H2,20,21)/t14-/m1/s1. The lowest BCUT2D eigenvalue weighted by molar-refractivity contribution is -0.0241. The fourth-order valence-electron chi connectivity index (χ4n) is 3.36. The first-order valence-corrected chi connectivity index (χ1v) is 8.85. The molecule has 8 nitrogen and oxygen atoms in total. The van der Waals surface area contributed by atoms with Crippen LogP contribution in [0.5, 0.6) is 0 Å². The molecule has 0 fully saturated rings. The molecule has 0 bridgehead atoms. The number of ether oxygens (including phenoxy) is 2. The Morgan fingerprint density at radius 2 is 2.07 bits per heavy atom. The maximum absolute atomic E-state index is 12.6. The van der Waals surface area contributed by atoms with Crippen molar-refractivity contribution in [2.45, 2.75) is 39.1 Å². The lowest BCUT2D eigenvalue weighted by atomic mass is 10.2. The first kappa shape index (κ1) is 17.5. The fourth-order valence-corrected chi connectivity index (χ4v) is 3.36. The minimum Gasteiger partial charge on any atom is -0.444 e. The third-order valence-electron chi connectivity index (χ3n) is 4.55. The Morgan fingerprint density at radius 3 is 2.81 bits per heavy atom. The number of likely N-dealkylation sites (N-methyl/N-ethyl adjacent to an activating group) is 1. The number of hydrogen-bond acceptors (Lipinski definition) is 6. The Labute approximate surface area is 156 Å². The highest BCUT2D eigenvalue weighted by molar-refractivity contribution is 6.06. The maximum atomic E-state index is 12.6. The lowest BCUT2D eigenvalue weighted by Gasteiger charge is -2.34. The molecule has 0 saturated heterocycles. The second kappa shape index (κ2) is 6.09. The average molecular weight is 369 g/mol. The number of benzene rings is 1. The number of carbonyl (C=O) groups excluding carboxylic acids is 1. The Bertz CT molecular complexity index is 1040. The molecule has 1 aromatic carbocycles. The van der Waals surface area contributed by atoms with Crippen LogP contribution in [0.4, 0.5) is 10.6 Å². The molecule has 0 aliphatic carbocycles. The monoisotopic (exact) mass is 369 g/mol. The van der Waals surface area contributed by atoms with Crippen LogP contribution in [0.15, 0.2) is 24.3 Å². The maximum Gasteiger partial charge on any atom is 0.411 e. The number of aromatic nitrogens is 3. The molecule has 0 saturated carbocycles. The first-order valence-electron chi connectivity index (χ1n) is 8.85. The number of nitrogen functional groups attached to an aromatic ring is 1. The van der Waals surface area contributed by atoms with E-state index in [4.69, 9.17) is 15.2 Å². The zero-order chi connectivity index (χ0) is 19.3. The molecule has 0 radical (unpaired) electrons. The summed E-state index contributed by atoms with van der Waals surface area (Å²) < 4.78 is 13.2. The molecule has 27 heavy (non-hydrogen) atoms. The zero-order valence-electron chi connectivity index (χ0n) is 15.9. The first-order chi connectivity index (χ1) is 12.8. The molecule has 1 aliphatic rings. The number of imidazole rings is 1. The Morgan fingerprint density at radius 1 is 1.33 bits per heavy atom. The number of nitrogens with two attached hydrogens (primary N) is 1. The van der Waals surface area contributed by atoms with Gasteiger partial charge < -0.3 is 19.8 Å². The molecule has 4 rings (SSSR count). The summed E-state index contributed by atoms with van der Waals surface area (Å²) in [6.07, 6.45) is -0.809. The van der Waals surface area contributed by atoms with Crippen molar-refractivity contribution in [1.82, 2.24) is 19.4 Å². The molecular formula is C19H23N5O3. The molecule has 1 amide bonds. The van der Waals surface area contributed by atoms with E-state index >= 15 is 0 Å². The minimum absolute atomic E-state index is 0.338. The number of rotatable bonds is 1. The van der Waals surface area contributed by atoms with E-state index in [2.05, 4.69) is 9.97 Å². The van der Waals surface area contributed by atoms with Crippen molar-refractivity contribution in [3.8, 4) is 0 Å². The van der Waals surface area contributed by atoms with Crippen LogP contribution < -0.4 is 5.73 Å². The highest BCUT2D eigenvalue weighted by atomic mass is 16.6. The van der Waals surface area contributed by atoms with E-state index in [9.17, 15) is 4.79 Å². The van der Waals surface area contributed by atoms with Gasteiger partial charge in [0.1, 0.15) is 29.7 Å². The van der Waals surface area contributed by atoms with Crippen molar-refractivity contribution in [2.75, 3.05) is 19.4 Å². The van der Waals surface area contributed by atoms with Gasteiger partial charge in [-0.3, -0.25) is 4.90 Å². The molecule has 2 aromatic heterocycles. The Balaban J connectivity index is 1.89. The number of anilines is 1. The second-order valence-electron chi connectivity index (χ2n) is 7.70. The van der Waals surface area contributed by atoms with Crippen molar-refractivity contribution in [1.29, 1.82) is 0 Å². The molecule has 0 unspecified atom stereocenters. The fraction of sp³-hybridized carbons (Fsp3) is 0.421. The third kappa shape index (κ3) is 2.95. The summed E-state index contributed by atoms with van der Waals surface area (Å²) >= 11 is 0. The van der Waals surface area contributed by atoms with E-state index in [0.717, 1.165) is 16.4 Å². The van der Waals surface area contributed by atoms with Gasteiger partial charge in [0.15, 0.2) is 5.82 Å². The Kier molecular flexibility index (Phi) is 3.96. The van der Waals surface area contributed by atoms with Crippen LogP contribution in [0, 0.1) is 0 Å². The highest BCUT2D eigenvalue weighted by Gasteiger charge is 2.33. The molecule has 1 atom stereocenters. The predicted octanol–water partition coefficient (Wildman–Crippen LogP) is 3.06. The average Bonchev–Trinajstić information content (AvgIpc) is 3.00. The van der Waals surface area contributed by atoms with Crippen LogP contribution in [-0.4, -0.2) is 44.8 Å². The lowest BCUT2D eigenvalue weighted by Crippen LogP contribution is -2.42. The highest BCUT2D eigenvalue weighted by Crippen LogP contribution is 2.34. The number of fused-ring (bicyclic) bond motifs is 5. The number of nitrogens with zero attached hydrogens (tertiary/aromatic N) is 4. The normalized spacial score (nSPS) is 17.1. The van der Waals surface area contributed by atoms with Gasteiger partial charge in [-0.15, -0.1) is 0 Å². The number of hydrogen-bond donors (Lipinski definition) is 1. The van der Waals surface area contributed by atoms with Crippen molar-refractivity contribution in [3.05, 3.63) is 30.1 Å². The molecule has 3 heterocycles. The van der Waals surface area contributed by atoms with E-state index in [0.29, 0.717) is 30.4 Å². The van der Waals surface area contributed by atoms with E-state index in [1.165, 1.54) is 0 Å². The van der Waals surface area contributed by atoms with Gasteiger partial charge in [0, 0.05) is 12.4 Å². The largest absolute Gasteiger partial charge is 0.444 e. The number of pyridine rings is 1. The van der Waals surface area contributed by atoms with Gasteiger partial charge in [-0.25, -0.2) is 14.8 Å². The number of para-hydroxylation sites is 1. The van der Waals surface area contributed by atoms with Crippen molar-refractivity contribution < 1.29 is 14.3 Å². The molecule has 1 aliphatic heterocycles. The summed E-state index contributed by atoms with van der Waals surface area (Å²) in [5.41, 5.74) is 7.85. The van der Waals surface area contributed by atoms with E-state index in [1.807, 2.05) is 49.6 Å². The van der Waals surface area contributed by atoms with Gasteiger partial charge in [0.05, 0.1) is 17.6 Å². The predicted molar refractivity (Wildman–Crippen MR) is 102 cm³/mol. The molecule has 3 aromatic rings. The summed E-state index contributed by atoms with van der Waals surface area (Å²) in [6, 6.07) is 7.77. The van der Waals surface area contributed by atoms with E-state index in [-0.39, 0.29) is 6.17 Å². The van der Waals surface area contributed by atoms with Gasteiger partial charge in [-0.1, -0.05) is 18.2 Å². The van der Waals surface area contributed by atoms with Crippen LogP contribution in [0.25, 0.3) is 21.9 Å². The summed E-state index contributed by atoms with van der Waals surface area (Å²) in [5, 5.41) is 0.935. The Hall–Kier alpha value is -2.87. The van der Waals surface area contributed by atoms with Gasteiger partial charge in [0.25, 0.3) is 0 Å². The van der Waals surface area contributed by atoms with Gasteiger partial charge in [0.2, 0.25) is 0 Å². The van der Waals surface area contributed by atoms with Crippen molar-refractivity contribution in [3.63, 3.8) is 0 Å². The topological polar surface area (TPSA) is 95.5 Å². The van der Waals surface area contributed by atoms with E-state index in [1.54, 1.807) is 11.9 Å². The number of carbonyl (C=O) groups is 1. The van der Waals surface area contributed by atoms with Crippen LogP contribution >= 0.6 is 0 Å². The smallest absolute Gasteiger partial charge is 0.411 e. The van der Waals surface area contributed by atoms with Crippen molar-refractivity contribution in [2.24, 2.45) is 0 Å². The van der Waals surface area contributed by atoms with Gasteiger partial charge in [-0.2, -0.15) is 0 Å². The molecule has 142 valence electrons. The summed E-state index contributed by atoms with van der Waals surface area (Å²) in [5.74, 6) is 1.07. The SMILES string of the molecule is CN(C(=O)OC(C)(C)C)[C@H]1COCc2nc3c(N)nc4ccccc4c3n21. The summed E-state index contributed by atoms with van der Waals surface area (Å²) in [6.45, 7) is 6.21. The van der Waals surface area contributed by atoms with Crippen LogP contribution in [0.2, 0.25) is 0 Å². The summed E-state index contributed by atoms with van der Waals surface area (Å²) in [7, 11) is 1.70. The third-order valence-corrected chi connectivity index (χ3v) is 4.55. The number of amides is 1. The molecule has 8 heteroatoms.